The lowest BCUT2D eigenvalue weighted by molar-refractivity contribution is -0.137. The minimum Gasteiger partial charge on any atom is -0.497 e. The van der Waals surface area contributed by atoms with Crippen molar-refractivity contribution in [1.29, 1.82) is 0 Å². The molecule has 8 nitrogen and oxygen atoms in total. The SMILES string of the molecule is COc1ccc(COCCCC[C@H](O[Si](C)(C)C(C)(C)C)[C@H](C)[C@@H](O)[C@H](O)C(=O)CC[C@H]2CC[C@H](CO[Si](c3ccccc3)(c3ccccc3)C(C)(C)C)O2)cc1. The van der Waals surface area contributed by atoms with Gasteiger partial charge in [0.2, 0.25) is 0 Å². The van der Waals surface area contributed by atoms with Crippen molar-refractivity contribution in [3.63, 3.8) is 0 Å². The standard InChI is InChI=1S/C47H72O8Si2/c1-35(43(55-56(9,10)46(2,3)4)23-17-18-32-52-33-36-24-26-37(51-8)27-25-36)44(49)45(50)42(48)31-30-38-28-29-39(54-38)34-53-57(47(5,6)7,40-19-13-11-14-20-40)41-21-15-12-16-22-41/h11-16,19-22,24-27,35,38-39,43-45,49-50H,17-18,23,28-34H2,1-10H3/t35-,38+,39+,43-,44+,45+/m0/s1. The van der Waals surface area contributed by atoms with Crippen molar-refractivity contribution in [2.45, 2.75) is 154 Å². The molecule has 10 heteroatoms. The number of rotatable bonds is 22. The molecule has 0 spiro atoms. The summed E-state index contributed by atoms with van der Waals surface area (Å²) in [5, 5.41) is 25.0. The summed E-state index contributed by atoms with van der Waals surface area (Å²) in [5.41, 5.74) is 1.09. The molecule has 1 aliphatic rings. The number of unbranched alkanes of at least 4 members (excludes halogenated alkanes) is 1. The van der Waals surface area contributed by atoms with Crippen molar-refractivity contribution in [1.82, 2.24) is 0 Å². The molecule has 0 radical (unpaired) electrons. The summed E-state index contributed by atoms with van der Waals surface area (Å²) in [5.74, 6) is 0.0202. The number of aliphatic hydroxyl groups excluding tert-OH is 2. The Balaban J connectivity index is 1.30. The van der Waals surface area contributed by atoms with Crippen molar-refractivity contribution >= 4 is 32.8 Å². The van der Waals surface area contributed by atoms with E-state index in [-0.39, 0.29) is 40.6 Å². The molecule has 1 fully saturated rings. The van der Waals surface area contributed by atoms with E-state index >= 15 is 0 Å². The van der Waals surface area contributed by atoms with Crippen LogP contribution in [0.3, 0.4) is 0 Å². The van der Waals surface area contributed by atoms with E-state index in [0.717, 1.165) is 37.0 Å². The Labute approximate surface area is 345 Å². The Morgan fingerprint density at radius 1 is 0.825 bits per heavy atom. The lowest BCUT2D eigenvalue weighted by Crippen LogP contribution is -2.67. The number of carbonyl (C=O) groups is 1. The van der Waals surface area contributed by atoms with Crippen LogP contribution in [0, 0.1) is 5.92 Å². The number of hydrogen-bond acceptors (Lipinski definition) is 8. The molecule has 0 saturated carbocycles. The van der Waals surface area contributed by atoms with E-state index in [1.165, 1.54) is 10.4 Å². The topological polar surface area (TPSA) is 104 Å². The molecule has 1 aliphatic heterocycles. The molecule has 316 valence electrons. The summed E-state index contributed by atoms with van der Waals surface area (Å²) in [7, 11) is -3.25. The summed E-state index contributed by atoms with van der Waals surface area (Å²) in [4.78, 5) is 13.4. The Kier molecular flexibility index (Phi) is 17.3. The summed E-state index contributed by atoms with van der Waals surface area (Å²) in [6.45, 7) is 21.3. The summed E-state index contributed by atoms with van der Waals surface area (Å²) in [6.07, 6.45) is 1.45. The van der Waals surface area contributed by atoms with Crippen LogP contribution in [0.4, 0.5) is 0 Å². The number of hydrogen-bond donors (Lipinski definition) is 2. The normalized spacial score (nSPS) is 18.9. The quantitative estimate of drug-likeness (QED) is 0.0768. The van der Waals surface area contributed by atoms with E-state index in [2.05, 4.69) is 103 Å². The predicted molar refractivity (Wildman–Crippen MR) is 235 cm³/mol. The van der Waals surface area contributed by atoms with Crippen LogP contribution >= 0.6 is 0 Å². The highest BCUT2D eigenvalue weighted by Gasteiger charge is 2.51. The Bertz CT molecular complexity index is 1580. The van der Waals surface area contributed by atoms with Crippen LogP contribution in [0.25, 0.3) is 0 Å². The van der Waals surface area contributed by atoms with Crippen LogP contribution < -0.4 is 15.1 Å². The van der Waals surface area contributed by atoms with Crippen molar-refractivity contribution in [2.75, 3.05) is 20.3 Å². The molecule has 57 heavy (non-hydrogen) atoms. The third-order valence-corrected chi connectivity index (χ3v) is 21.8. The van der Waals surface area contributed by atoms with Gasteiger partial charge in [-0.15, -0.1) is 0 Å². The smallest absolute Gasteiger partial charge is 0.261 e. The Morgan fingerprint density at radius 3 is 1.95 bits per heavy atom. The number of Topliss-reactive ketones (excluding diaryl/α,β-unsaturated/α-hetero) is 1. The minimum atomic E-state index is -2.69. The highest BCUT2D eigenvalue weighted by Crippen LogP contribution is 2.40. The fourth-order valence-electron chi connectivity index (χ4n) is 7.69. The van der Waals surface area contributed by atoms with E-state index in [0.29, 0.717) is 32.7 Å². The number of methoxy groups -OCH3 is 1. The van der Waals surface area contributed by atoms with Gasteiger partial charge in [-0.3, -0.25) is 4.79 Å². The molecule has 3 aromatic rings. The van der Waals surface area contributed by atoms with E-state index in [1.807, 2.05) is 43.3 Å². The van der Waals surface area contributed by atoms with E-state index in [9.17, 15) is 15.0 Å². The monoisotopic (exact) mass is 820 g/mol. The van der Waals surface area contributed by atoms with Gasteiger partial charge >= 0.3 is 0 Å². The summed E-state index contributed by atoms with van der Waals surface area (Å²) in [6, 6.07) is 29.1. The second-order valence-corrected chi connectivity index (χ2v) is 27.6. The number of ketones is 1. The van der Waals surface area contributed by atoms with Crippen LogP contribution in [-0.2, 0) is 29.7 Å². The zero-order valence-corrected chi connectivity index (χ0v) is 38.5. The molecule has 0 amide bonds. The average Bonchev–Trinajstić information content (AvgIpc) is 3.65. The first-order chi connectivity index (χ1) is 26.9. The molecule has 0 aromatic heterocycles. The van der Waals surface area contributed by atoms with Crippen molar-refractivity contribution < 1.29 is 38.1 Å². The molecule has 2 N–H and O–H groups in total. The molecular formula is C47H72O8Si2. The number of ether oxygens (including phenoxy) is 3. The maximum atomic E-state index is 13.4. The van der Waals surface area contributed by atoms with Gasteiger partial charge in [-0.2, -0.15) is 0 Å². The van der Waals surface area contributed by atoms with Gasteiger partial charge in [-0.25, -0.2) is 0 Å². The van der Waals surface area contributed by atoms with Crippen LogP contribution in [-0.4, -0.2) is 83.5 Å². The van der Waals surface area contributed by atoms with Crippen molar-refractivity contribution in [2.24, 2.45) is 5.92 Å². The number of benzene rings is 3. The molecular weight excluding hydrogens is 749 g/mol. The first kappa shape index (κ1) is 47.0. The zero-order valence-electron chi connectivity index (χ0n) is 36.5. The third-order valence-electron chi connectivity index (χ3n) is 12.3. The van der Waals surface area contributed by atoms with Gasteiger partial charge in [0.1, 0.15) is 11.9 Å². The third kappa shape index (κ3) is 12.7. The van der Waals surface area contributed by atoms with Crippen molar-refractivity contribution in [3.05, 3.63) is 90.5 Å². The second kappa shape index (κ2) is 21.0. The second-order valence-electron chi connectivity index (χ2n) is 18.5. The maximum absolute atomic E-state index is 13.4. The Hall–Kier alpha value is -2.68. The van der Waals surface area contributed by atoms with E-state index < -0.39 is 34.8 Å². The molecule has 0 unspecified atom stereocenters. The Morgan fingerprint density at radius 2 is 1.40 bits per heavy atom. The van der Waals surface area contributed by atoms with Gasteiger partial charge < -0.3 is 33.3 Å². The zero-order chi connectivity index (χ0) is 41.9. The predicted octanol–water partition coefficient (Wildman–Crippen LogP) is 8.60. The fraction of sp³-hybridized carbons (Fsp3) is 0.596. The van der Waals surface area contributed by atoms with Gasteiger partial charge in [0, 0.05) is 18.9 Å². The lowest BCUT2D eigenvalue weighted by Gasteiger charge is -2.43. The molecule has 0 bridgehead atoms. The largest absolute Gasteiger partial charge is 0.497 e. The lowest BCUT2D eigenvalue weighted by atomic mass is 9.88. The molecule has 1 saturated heterocycles. The molecule has 0 aliphatic carbocycles. The fourth-order valence-corrected chi connectivity index (χ4v) is 13.7. The number of carbonyl (C=O) groups excluding carboxylic acids is 1. The average molecular weight is 821 g/mol. The summed E-state index contributed by atoms with van der Waals surface area (Å²) >= 11 is 0. The summed E-state index contributed by atoms with van der Waals surface area (Å²) < 4.78 is 31.7. The number of aliphatic hydroxyl groups is 2. The van der Waals surface area contributed by atoms with Gasteiger partial charge in [-0.1, -0.05) is 121 Å². The van der Waals surface area contributed by atoms with E-state index in [1.54, 1.807) is 7.11 Å². The van der Waals surface area contributed by atoms with Gasteiger partial charge in [0.25, 0.3) is 8.32 Å². The van der Waals surface area contributed by atoms with Gasteiger partial charge in [0.15, 0.2) is 14.1 Å². The van der Waals surface area contributed by atoms with E-state index in [4.69, 9.17) is 23.1 Å². The maximum Gasteiger partial charge on any atom is 0.261 e. The van der Waals surface area contributed by atoms with Crippen LogP contribution in [0.5, 0.6) is 5.75 Å². The highest BCUT2D eigenvalue weighted by molar-refractivity contribution is 6.99. The highest BCUT2D eigenvalue weighted by atomic mass is 28.4. The molecule has 6 atom stereocenters. The first-order valence-corrected chi connectivity index (χ1v) is 25.9. The van der Waals surface area contributed by atoms with Crippen LogP contribution in [0.1, 0.15) is 99.0 Å². The van der Waals surface area contributed by atoms with Gasteiger partial charge in [-0.05, 0) is 89.8 Å². The van der Waals surface area contributed by atoms with Crippen molar-refractivity contribution in [3.8, 4) is 5.75 Å². The van der Waals surface area contributed by atoms with Crippen LogP contribution in [0.15, 0.2) is 84.9 Å². The molecule has 3 aromatic carbocycles. The van der Waals surface area contributed by atoms with Crippen LogP contribution in [0.2, 0.25) is 23.2 Å². The molecule has 4 rings (SSSR count). The first-order valence-electron chi connectivity index (χ1n) is 21.1. The van der Waals surface area contributed by atoms with Gasteiger partial charge in [0.05, 0.1) is 44.7 Å². The molecule has 1 heterocycles. The minimum absolute atomic E-state index is 0.0322.